The Morgan fingerprint density at radius 2 is 1.67 bits per heavy atom. The average Bonchev–Trinajstić information content (AvgIpc) is 2.95. The summed E-state index contributed by atoms with van der Waals surface area (Å²) in [6, 6.07) is 23.2. The summed E-state index contributed by atoms with van der Waals surface area (Å²) in [7, 11) is 0. The molecule has 1 N–H and O–H groups in total. The lowest BCUT2D eigenvalue weighted by molar-refractivity contribution is 1.08. The zero-order chi connectivity index (χ0) is 14.1. The van der Waals surface area contributed by atoms with Crippen LogP contribution in [0, 0.1) is 0 Å². The van der Waals surface area contributed by atoms with E-state index in [2.05, 4.69) is 58.5 Å². The molecule has 0 spiro atoms. The molecule has 4 rings (SSSR count). The molecular formula is C18H14N2S. The lowest BCUT2D eigenvalue weighted by atomic mass is 10.1. The Labute approximate surface area is 127 Å². The summed E-state index contributed by atoms with van der Waals surface area (Å²) in [5.41, 5.74) is 3.44. The van der Waals surface area contributed by atoms with Crippen molar-refractivity contribution in [2.24, 2.45) is 0 Å². The summed E-state index contributed by atoms with van der Waals surface area (Å²) >= 11 is 1.74. The van der Waals surface area contributed by atoms with Gasteiger partial charge in [0, 0.05) is 5.75 Å². The zero-order valence-corrected chi connectivity index (χ0v) is 12.2. The molecule has 0 bridgehead atoms. The number of benzene rings is 3. The number of aromatic amines is 1. The van der Waals surface area contributed by atoms with Crippen molar-refractivity contribution in [1.82, 2.24) is 9.97 Å². The highest BCUT2D eigenvalue weighted by Crippen LogP contribution is 2.24. The van der Waals surface area contributed by atoms with Crippen LogP contribution in [0.2, 0.25) is 0 Å². The van der Waals surface area contributed by atoms with E-state index in [1.807, 2.05) is 18.2 Å². The fourth-order valence-electron chi connectivity index (χ4n) is 2.48. The van der Waals surface area contributed by atoms with E-state index < -0.39 is 0 Å². The van der Waals surface area contributed by atoms with Crippen molar-refractivity contribution >= 4 is 33.6 Å². The van der Waals surface area contributed by atoms with E-state index in [1.54, 1.807) is 11.8 Å². The highest BCUT2D eigenvalue weighted by atomic mass is 32.2. The molecule has 0 unspecified atom stereocenters. The third-order valence-electron chi connectivity index (χ3n) is 3.56. The van der Waals surface area contributed by atoms with Gasteiger partial charge < -0.3 is 4.98 Å². The van der Waals surface area contributed by atoms with E-state index >= 15 is 0 Å². The largest absolute Gasteiger partial charge is 0.333 e. The first-order chi connectivity index (χ1) is 10.4. The van der Waals surface area contributed by atoms with Gasteiger partial charge in [-0.2, -0.15) is 0 Å². The van der Waals surface area contributed by atoms with Crippen molar-refractivity contribution in [1.29, 1.82) is 0 Å². The Hall–Kier alpha value is -2.26. The van der Waals surface area contributed by atoms with Crippen LogP contribution in [0.25, 0.3) is 21.8 Å². The summed E-state index contributed by atoms with van der Waals surface area (Å²) < 4.78 is 0. The molecule has 0 atom stereocenters. The van der Waals surface area contributed by atoms with Gasteiger partial charge in [0.1, 0.15) is 0 Å². The molecule has 0 radical (unpaired) electrons. The fraction of sp³-hybridized carbons (Fsp3) is 0.0556. The average molecular weight is 290 g/mol. The lowest BCUT2D eigenvalue weighted by Gasteiger charge is -2.02. The smallest absolute Gasteiger partial charge is 0.166 e. The van der Waals surface area contributed by atoms with Gasteiger partial charge in [-0.25, -0.2) is 4.98 Å². The van der Waals surface area contributed by atoms with Gasteiger partial charge in [0.15, 0.2) is 5.16 Å². The number of imidazole rings is 1. The molecule has 0 amide bonds. The number of H-pyrrole nitrogens is 1. The summed E-state index contributed by atoms with van der Waals surface area (Å²) in [5.74, 6) is 0.921. The zero-order valence-electron chi connectivity index (χ0n) is 11.4. The third-order valence-corrected chi connectivity index (χ3v) is 4.50. The molecule has 21 heavy (non-hydrogen) atoms. The van der Waals surface area contributed by atoms with Crippen LogP contribution in [0.5, 0.6) is 0 Å². The maximum absolute atomic E-state index is 4.60. The van der Waals surface area contributed by atoms with Gasteiger partial charge in [0.2, 0.25) is 0 Å². The van der Waals surface area contributed by atoms with E-state index in [1.165, 1.54) is 16.3 Å². The van der Waals surface area contributed by atoms with Crippen molar-refractivity contribution in [3.05, 3.63) is 72.3 Å². The van der Waals surface area contributed by atoms with Crippen LogP contribution in [0.3, 0.4) is 0 Å². The first kappa shape index (κ1) is 12.5. The highest BCUT2D eigenvalue weighted by Gasteiger charge is 2.03. The number of nitrogens with zero attached hydrogens (tertiary/aromatic N) is 1. The maximum Gasteiger partial charge on any atom is 0.166 e. The van der Waals surface area contributed by atoms with Crippen LogP contribution in [0.15, 0.2) is 71.9 Å². The summed E-state index contributed by atoms with van der Waals surface area (Å²) in [6.07, 6.45) is 0. The van der Waals surface area contributed by atoms with Gasteiger partial charge in [0.05, 0.1) is 11.0 Å². The normalized spacial score (nSPS) is 11.2. The van der Waals surface area contributed by atoms with E-state index in [0.29, 0.717) is 0 Å². The second-order valence-electron chi connectivity index (χ2n) is 5.03. The van der Waals surface area contributed by atoms with Crippen LogP contribution < -0.4 is 0 Å². The van der Waals surface area contributed by atoms with Crippen LogP contribution in [0.1, 0.15) is 5.56 Å². The molecule has 0 saturated carbocycles. The topological polar surface area (TPSA) is 28.7 Å². The maximum atomic E-state index is 4.60. The minimum Gasteiger partial charge on any atom is -0.333 e. The predicted octanol–water partition coefficient (Wildman–Crippen LogP) is 5.01. The number of rotatable bonds is 3. The number of thioether (sulfide) groups is 1. The quantitative estimate of drug-likeness (QED) is 0.537. The first-order valence-corrected chi connectivity index (χ1v) is 7.92. The lowest BCUT2D eigenvalue weighted by Crippen LogP contribution is -1.82. The standard InChI is InChI=1S/C18H14N2S/c1-2-6-15-11-13(9-10-14(15)5-1)12-21-18-19-16-7-3-4-8-17(16)20-18/h1-11H,12H2,(H,19,20). The van der Waals surface area contributed by atoms with Gasteiger partial charge in [-0.1, -0.05) is 66.4 Å². The molecule has 3 aromatic carbocycles. The molecular weight excluding hydrogens is 276 g/mol. The van der Waals surface area contributed by atoms with Crippen molar-refractivity contribution in [2.45, 2.75) is 10.9 Å². The van der Waals surface area contributed by atoms with E-state index in [4.69, 9.17) is 0 Å². The van der Waals surface area contributed by atoms with E-state index in [-0.39, 0.29) is 0 Å². The number of nitrogens with one attached hydrogen (secondary N) is 1. The van der Waals surface area contributed by atoms with E-state index in [9.17, 15) is 0 Å². The minimum absolute atomic E-state index is 0.921. The molecule has 102 valence electrons. The third kappa shape index (κ3) is 2.52. The number of hydrogen-bond acceptors (Lipinski definition) is 2. The van der Waals surface area contributed by atoms with Crippen molar-refractivity contribution in [3.63, 3.8) is 0 Å². The van der Waals surface area contributed by atoms with Crippen LogP contribution in [-0.2, 0) is 5.75 Å². The van der Waals surface area contributed by atoms with Crippen LogP contribution in [-0.4, -0.2) is 9.97 Å². The monoisotopic (exact) mass is 290 g/mol. The molecule has 0 fully saturated rings. The number of aromatic nitrogens is 2. The summed E-state index contributed by atoms with van der Waals surface area (Å²) in [4.78, 5) is 7.95. The molecule has 0 aliphatic heterocycles. The Kier molecular flexibility index (Phi) is 3.13. The summed E-state index contributed by atoms with van der Waals surface area (Å²) in [5, 5.41) is 3.56. The van der Waals surface area contributed by atoms with Crippen molar-refractivity contribution in [2.75, 3.05) is 0 Å². The molecule has 4 aromatic rings. The SMILES string of the molecule is c1ccc2cc(CSc3nc4ccccc4[nH]3)ccc2c1. The molecule has 0 saturated heterocycles. The predicted molar refractivity (Wildman–Crippen MR) is 89.6 cm³/mol. The minimum atomic E-state index is 0.921. The molecule has 3 heteroatoms. The fourth-order valence-corrected chi connectivity index (χ4v) is 3.31. The molecule has 1 aromatic heterocycles. The number of fused-ring (bicyclic) bond motifs is 2. The van der Waals surface area contributed by atoms with Crippen molar-refractivity contribution in [3.8, 4) is 0 Å². The highest BCUT2D eigenvalue weighted by molar-refractivity contribution is 7.98. The van der Waals surface area contributed by atoms with Crippen LogP contribution >= 0.6 is 11.8 Å². The Morgan fingerprint density at radius 3 is 2.57 bits per heavy atom. The molecule has 1 heterocycles. The number of hydrogen-bond donors (Lipinski definition) is 1. The van der Waals surface area contributed by atoms with Gasteiger partial charge in [-0.15, -0.1) is 0 Å². The number of para-hydroxylation sites is 2. The van der Waals surface area contributed by atoms with Gasteiger partial charge in [-0.3, -0.25) is 0 Å². The Balaban J connectivity index is 1.57. The first-order valence-electron chi connectivity index (χ1n) is 6.94. The van der Waals surface area contributed by atoms with Gasteiger partial charge in [-0.05, 0) is 28.5 Å². The summed E-state index contributed by atoms with van der Waals surface area (Å²) in [6.45, 7) is 0. The molecule has 0 aliphatic rings. The Bertz CT molecular complexity index is 878. The molecule has 2 nitrogen and oxygen atoms in total. The second-order valence-corrected chi connectivity index (χ2v) is 5.99. The second kappa shape index (κ2) is 5.26. The van der Waals surface area contributed by atoms with Gasteiger partial charge >= 0.3 is 0 Å². The molecule has 0 aliphatic carbocycles. The van der Waals surface area contributed by atoms with Crippen LogP contribution in [0.4, 0.5) is 0 Å². The van der Waals surface area contributed by atoms with Crippen molar-refractivity contribution < 1.29 is 0 Å². The van der Waals surface area contributed by atoms with E-state index in [0.717, 1.165) is 21.9 Å². The Morgan fingerprint density at radius 1 is 0.857 bits per heavy atom. The van der Waals surface area contributed by atoms with Gasteiger partial charge in [0.25, 0.3) is 0 Å².